The molecule has 1 rings (SSSR count). The summed E-state index contributed by atoms with van der Waals surface area (Å²) in [5.74, 6) is 0.966. The number of aromatic nitrogens is 2. The van der Waals surface area contributed by atoms with Crippen molar-refractivity contribution in [2.45, 2.75) is 45.6 Å². The van der Waals surface area contributed by atoms with E-state index in [9.17, 15) is 0 Å². The van der Waals surface area contributed by atoms with Crippen molar-refractivity contribution in [2.75, 3.05) is 13.7 Å². The second-order valence-corrected chi connectivity index (χ2v) is 4.24. The van der Waals surface area contributed by atoms with Gasteiger partial charge in [0, 0.05) is 18.2 Å². The Hall–Kier alpha value is -1.16. The third-order valence-corrected chi connectivity index (χ3v) is 2.98. The molecule has 0 aromatic carbocycles. The first kappa shape index (κ1) is 13.9. The Balaban J connectivity index is 2.77. The van der Waals surface area contributed by atoms with Crippen LogP contribution in [0.2, 0.25) is 0 Å². The molecule has 96 valence electrons. The normalized spacial score (nSPS) is 14.4. The highest BCUT2D eigenvalue weighted by molar-refractivity contribution is 5.13. The number of hydrogen-bond acceptors (Lipinski definition) is 4. The van der Waals surface area contributed by atoms with Crippen LogP contribution in [-0.2, 0) is 0 Å². The van der Waals surface area contributed by atoms with Crippen LogP contribution in [0.4, 0.5) is 0 Å². The molecule has 4 nitrogen and oxygen atoms in total. The summed E-state index contributed by atoms with van der Waals surface area (Å²) < 4.78 is 5.12. The Bertz CT molecular complexity index is 330. The number of methoxy groups -OCH3 is 1. The van der Waals surface area contributed by atoms with Gasteiger partial charge in [0.2, 0.25) is 5.88 Å². The zero-order valence-electron chi connectivity index (χ0n) is 11.2. The van der Waals surface area contributed by atoms with Gasteiger partial charge in [-0.1, -0.05) is 13.8 Å². The molecule has 17 heavy (non-hydrogen) atoms. The van der Waals surface area contributed by atoms with Crippen molar-refractivity contribution in [3.63, 3.8) is 0 Å². The average molecular weight is 237 g/mol. The highest BCUT2D eigenvalue weighted by Gasteiger charge is 2.19. The Morgan fingerprint density at radius 3 is 2.71 bits per heavy atom. The number of nitrogens with zero attached hydrogens (tertiary/aromatic N) is 2. The van der Waals surface area contributed by atoms with Gasteiger partial charge in [0.25, 0.3) is 0 Å². The molecular weight excluding hydrogens is 214 g/mol. The Kier molecular flexibility index (Phi) is 5.91. The SMILES string of the molecule is CCCNC(C)C(CC)c1cncc(OC)n1. The minimum atomic E-state index is 0.379. The van der Waals surface area contributed by atoms with Crippen LogP contribution in [0.25, 0.3) is 0 Å². The number of rotatable bonds is 7. The first-order chi connectivity index (χ1) is 8.22. The van der Waals surface area contributed by atoms with Crippen LogP contribution in [0.1, 0.15) is 45.2 Å². The van der Waals surface area contributed by atoms with Gasteiger partial charge >= 0.3 is 0 Å². The Morgan fingerprint density at radius 1 is 1.35 bits per heavy atom. The van der Waals surface area contributed by atoms with Crippen molar-refractivity contribution >= 4 is 0 Å². The zero-order valence-corrected chi connectivity index (χ0v) is 11.2. The molecule has 0 saturated carbocycles. The first-order valence-corrected chi connectivity index (χ1v) is 6.32. The van der Waals surface area contributed by atoms with E-state index >= 15 is 0 Å². The summed E-state index contributed by atoms with van der Waals surface area (Å²) in [5.41, 5.74) is 1.00. The van der Waals surface area contributed by atoms with Crippen LogP contribution in [0, 0.1) is 0 Å². The van der Waals surface area contributed by atoms with Crippen molar-refractivity contribution in [2.24, 2.45) is 0 Å². The molecule has 0 aliphatic rings. The Morgan fingerprint density at radius 2 is 2.12 bits per heavy atom. The molecule has 0 bridgehead atoms. The molecule has 0 saturated heterocycles. The van der Waals surface area contributed by atoms with Gasteiger partial charge in [0.1, 0.15) is 0 Å². The van der Waals surface area contributed by atoms with Crippen LogP contribution in [0.5, 0.6) is 5.88 Å². The molecule has 0 amide bonds. The Labute approximate surface area is 104 Å². The number of ether oxygens (including phenoxy) is 1. The quantitative estimate of drug-likeness (QED) is 0.791. The van der Waals surface area contributed by atoms with Gasteiger partial charge in [-0.05, 0) is 26.3 Å². The molecule has 0 spiro atoms. The lowest BCUT2D eigenvalue weighted by Crippen LogP contribution is -2.33. The van der Waals surface area contributed by atoms with Crippen molar-refractivity contribution in [3.8, 4) is 5.88 Å². The molecule has 1 aromatic rings. The maximum atomic E-state index is 5.12. The van der Waals surface area contributed by atoms with E-state index in [1.165, 1.54) is 0 Å². The average Bonchev–Trinajstić information content (AvgIpc) is 2.37. The molecule has 4 heteroatoms. The monoisotopic (exact) mass is 237 g/mol. The third-order valence-electron chi connectivity index (χ3n) is 2.98. The fraction of sp³-hybridized carbons (Fsp3) is 0.692. The first-order valence-electron chi connectivity index (χ1n) is 6.32. The molecule has 1 heterocycles. The zero-order chi connectivity index (χ0) is 12.7. The topological polar surface area (TPSA) is 47.0 Å². The summed E-state index contributed by atoms with van der Waals surface area (Å²) in [6.45, 7) is 7.59. The molecule has 0 aliphatic heterocycles. The van der Waals surface area contributed by atoms with E-state index in [-0.39, 0.29) is 0 Å². The lowest BCUT2D eigenvalue weighted by Gasteiger charge is -2.23. The van der Waals surface area contributed by atoms with E-state index < -0.39 is 0 Å². The van der Waals surface area contributed by atoms with Gasteiger partial charge in [-0.2, -0.15) is 0 Å². The van der Waals surface area contributed by atoms with Gasteiger partial charge in [-0.25, -0.2) is 4.98 Å². The van der Waals surface area contributed by atoms with Crippen LogP contribution in [0.3, 0.4) is 0 Å². The van der Waals surface area contributed by atoms with Crippen LogP contribution in [-0.4, -0.2) is 29.7 Å². The van der Waals surface area contributed by atoms with Gasteiger partial charge < -0.3 is 10.1 Å². The molecule has 1 N–H and O–H groups in total. The number of hydrogen-bond donors (Lipinski definition) is 1. The van der Waals surface area contributed by atoms with E-state index in [1.54, 1.807) is 13.3 Å². The number of nitrogens with one attached hydrogen (secondary N) is 1. The van der Waals surface area contributed by atoms with Gasteiger partial charge in [0.15, 0.2) is 0 Å². The molecule has 2 unspecified atom stereocenters. The fourth-order valence-electron chi connectivity index (χ4n) is 1.97. The summed E-state index contributed by atoms with van der Waals surface area (Å²) in [7, 11) is 1.62. The molecule has 0 fully saturated rings. The van der Waals surface area contributed by atoms with E-state index in [4.69, 9.17) is 4.74 Å². The molecule has 0 radical (unpaired) electrons. The smallest absolute Gasteiger partial charge is 0.232 e. The van der Waals surface area contributed by atoms with Crippen molar-refractivity contribution in [3.05, 3.63) is 18.1 Å². The van der Waals surface area contributed by atoms with Crippen LogP contribution < -0.4 is 10.1 Å². The van der Waals surface area contributed by atoms with E-state index in [1.807, 2.05) is 6.20 Å². The van der Waals surface area contributed by atoms with Gasteiger partial charge in [0.05, 0.1) is 19.0 Å². The van der Waals surface area contributed by atoms with Gasteiger partial charge in [-0.3, -0.25) is 4.98 Å². The third kappa shape index (κ3) is 3.97. The lowest BCUT2D eigenvalue weighted by molar-refractivity contribution is 0.385. The maximum Gasteiger partial charge on any atom is 0.232 e. The largest absolute Gasteiger partial charge is 0.480 e. The van der Waals surface area contributed by atoms with Crippen molar-refractivity contribution in [1.82, 2.24) is 15.3 Å². The molecule has 1 aromatic heterocycles. The molecule has 2 atom stereocenters. The van der Waals surface area contributed by atoms with E-state index in [0.29, 0.717) is 17.8 Å². The van der Waals surface area contributed by atoms with Crippen LogP contribution in [0.15, 0.2) is 12.4 Å². The van der Waals surface area contributed by atoms with Crippen molar-refractivity contribution in [1.29, 1.82) is 0 Å². The fourth-order valence-corrected chi connectivity index (χ4v) is 1.97. The maximum absolute atomic E-state index is 5.12. The van der Waals surface area contributed by atoms with Crippen molar-refractivity contribution < 1.29 is 4.74 Å². The second-order valence-electron chi connectivity index (χ2n) is 4.24. The second kappa shape index (κ2) is 7.22. The molecular formula is C13H23N3O. The minimum absolute atomic E-state index is 0.379. The highest BCUT2D eigenvalue weighted by atomic mass is 16.5. The summed E-state index contributed by atoms with van der Waals surface area (Å²) >= 11 is 0. The predicted octanol–water partition coefficient (Wildman–Crippen LogP) is 2.37. The van der Waals surface area contributed by atoms with Crippen LogP contribution >= 0.6 is 0 Å². The summed E-state index contributed by atoms with van der Waals surface area (Å²) in [6.07, 6.45) is 5.66. The molecule has 0 aliphatic carbocycles. The highest BCUT2D eigenvalue weighted by Crippen LogP contribution is 2.22. The summed E-state index contributed by atoms with van der Waals surface area (Å²) in [6, 6.07) is 0.404. The summed E-state index contributed by atoms with van der Waals surface area (Å²) in [4.78, 5) is 8.64. The lowest BCUT2D eigenvalue weighted by atomic mass is 9.95. The van der Waals surface area contributed by atoms with E-state index in [0.717, 1.165) is 25.1 Å². The van der Waals surface area contributed by atoms with E-state index in [2.05, 4.69) is 36.1 Å². The minimum Gasteiger partial charge on any atom is -0.480 e. The van der Waals surface area contributed by atoms with Gasteiger partial charge in [-0.15, -0.1) is 0 Å². The standard InChI is InChI=1S/C13H23N3O/c1-5-7-15-10(3)11(6-2)12-8-14-9-13(16-12)17-4/h8-11,15H,5-7H2,1-4H3. The summed E-state index contributed by atoms with van der Waals surface area (Å²) in [5, 5.41) is 3.51. The predicted molar refractivity (Wildman–Crippen MR) is 69.4 cm³/mol.